The van der Waals surface area contributed by atoms with Crippen LogP contribution in [0.2, 0.25) is 0 Å². The summed E-state index contributed by atoms with van der Waals surface area (Å²) in [4.78, 5) is 11.4. The average Bonchev–Trinajstić information content (AvgIpc) is 2.29. The van der Waals surface area contributed by atoms with Gasteiger partial charge in [-0.05, 0) is 6.07 Å². The Bertz CT molecular complexity index is 420. The molecular formula is C11H11F4NO2. The molecule has 0 bridgehead atoms. The molecule has 0 aliphatic heterocycles. The van der Waals surface area contributed by atoms with Crippen LogP contribution in [-0.4, -0.2) is 25.8 Å². The van der Waals surface area contributed by atoms with Crippen LogP contribution in [0.3, 0.4) is 0 Å². The number of ether oxygens (including phenoxy) is 1. The minimum absolute atomic E-state index is 0.186. The molecule has 1 N–H and O–H groups in total. The maximum atomic E-state index is 13.4. The molecule has 0 radical (unpaired) electrons. The van der Waals surface area contributed by atoms with Crippen LogP contribution >= 0.6 is 0 Å². The van der Waals surface area contributed by atoms with Gasteiger partial charge in [0.1, 0.15) is 11.9 Å². The summed E-state index contributed by atoms with van der Waals surface area (Å²) >= 11 is 0. The van der Waals surface area contributed by atoms with E-state index in [0.717, 1.165) is 13.2 Å². The van der Waals surface area contributed by atoms with Gasteiger partial charge in [-0.1, -0.05) is 18.2 Å². The van der Waals surface area contributed by atoms with Gasteiger partial charge >= 0.3 is 12.1 Å². The molecule has 0 amide bonds. The van der Waals surface area contributed by atoms with Gasteiger partial charge in [0.2, 0.25) is 0 Å². The van der Waals surface area contributed by atoms with Crippen molar-refractivity contribution in [3.63, 3.8) is 0 Å². The van der Waals surface area contributed by atoms with Crippen LogP contribution in [0.1, 0.15) is 11.6 Å². The van der Waals surface area contributed by atoms with E-state index >= 15 is 0 Å². The lowest BCUT2D eigenvalue weighted by atomic mass is 10.1. The molecule has 1 aromatic carbocycles. The van der Waals surface area contributed by atoms with Crippen molar-refractivity contribution >= 4 is 5.97 Å². The van der Waals surface area contributed by atoms with Gasteiger partial charge in [-0.25, -0.2) is 9.18 Å². The molecule has 1 atom stereocenters. The van der Waals surface area contributed by atoms with E-state index in [9.17, 15) is 22.4 Å². The summed E-state index contributed by atoms with van der Waals surface area (Å²) in [7, 11) is 1.02. The fraction of sp³-hybridized carbons (Fsp3) is 0.364. The van der Waals surface area contributed by atoms with E-state index in [1.54, 1.807) is 0 Å². The summed E-state index contributed by atoms with van der Waals surface area (Å²) in [6.07, 6.45) is -4.50. The monoisotopic (exact) mass is 265 g/mol. The van der Waals surface area contributed by atoms with Crippen molar-refractivity contribution in [3.05, 3.63) is 35.6 Å². The third-order valence-electron chi connectivity index (χ3n) is 2.16. The van der Waals surface area contributed by atoms with Crippen LogP contribution < -0.4 is 5.32 Å². The van der Waals surface area contributed by atoms with Gasteiger partial charge in [0.15, 0.2) is 0 Å². The van der Waals surface area contributed by atoms with Gasteiger partial charge in [-0.15, -0.1) is 0 Å². The third kappa shape index (κ3) is 3.99. The van der Waals surface area contributed by atoms with E-state index in [4.69, 9.17) is 0 Å². The molecule has 0 saturated carbocycles. The number of benzene rings is 1. The summed E-state index contributed by atoms with van der Waals surface area (Å²) in [5, 5.41) is 1.93. The minimum atomic E-state index is -4.50. The van der Waals surface area contributed by atoms with E-state index < -0.39 is 30.5 Å². The maximum absolute atomic E-state index is 13.4. The molecule has 0 aromatic heterocycles. The zero-order chi connectivity index (χ0) is 13.8. The lowest BCUT2D eigenvalue weighted by Gasteiger charge is -2.18. The minimum Gasteiger partial charge on any atom is -0.468 e. The first-order valence-electron chi connectivity index (χ1n) is 4.97. The fourth-order valence-electron chi connectivity index (χ4n) is 1.37. The molecule has 0 heterocycles. The highest BCUT2D eigenvalue weighted by Crippen LogP contribution is 2.20. The number of hydrogen-bond acceptors (Lipinski definition) is 3. The van der Waals surface area contributed by atoms with Crippen LogP contribution in [0, 0.1) is 5.82 Å². The van der Waals surface area contributed by atoms with Crippen molar-refractivity contribution < 1.29 is 27.1 Å². The molecule has 18 heavy (non-hydrogen) atoms. The third-order valence-corrected chi connectivity index (χ3v) is 2.16. The Morgan fingerprint density at radius 1 is 1.39 bits per heavy atom. The quantitative estimate of drug-likeness (QED) is 0.670. The maximum Gasteiger partial charge on any atom is 0.401 e. The smallest absolute Gasteiger partial charge is 0.401 e. The van der Waals surface area contributed by atoms with E-state index in [-0.39, 0.29) is 5.56 Å². The standard InChI is InChI=1S/C11H11F4NO2/c1-18-10(17)9(16-6-11(13,14)15)7-4-2-3-5-8(7)12/h2-5,9,16H,6H2,1H3. The Balaban J connectivity index is 2.93. The van der Waals surface area contributed by atoms with Gasteiger partial charge in [0, 0.05) is 5.56 Å². The molecule has 3 nitrogen and oxygen atoms in total. The van der Waals surface area contributed by atoms with Gasteiger partial charge < -0.3 is 4.74 Å². The lowest BCUT2D eigenvalue weighted by Crippen LogP contribution is -2.37. The van der Waals surface area contributed by atoms with E-state index in [2.05, 4.69) is 4.74 Å². The normalized spacial score (nSPS) is 13.2. The van der Waals surface area contributed by atoms with Crippen LogP contribution in [0.15, 0.2) is 24.3 Å². The van der Waals surface area contributed by atoms with Crippen LogP contribution in [0.25, 0.3) is 0 Å². The molecule has 0 aliphatic rings. The molecule has 1 aromatic rings. The topological polar surface area (TPSA) is 38.3 Å². The Morgan fingerprint density at radius 3 is 2.50 bits per heavy atom. The lowest BCUT2D eigenvalue weighted by molar-refractivity contribution is -0.146. The zero-order valence-corrected chi connectivity index (χ0v) is 9.42. The predicted molar refractivity (Wildman–Crippen MR) is 55.2 cm³/mol. The van der Waals surface area contributed by atoms with Crippen molar-refractivity contribution in [2.75, 3.05) is 13.7 Å². The second kappa shape index (κ2) is 5.81. The Morgan fingerprint density at radius 2 is 2.00 bits per heavy atom. The number of hydrogen-bond donors (Lipinski definition) is 1. The highest BCUT2D eigenvalue weighted by atomic mass is 19.4. The number of alkyl halides is 3. The number of methoxy groups -OCH3 is 1. The van der Waals surface area contributed by atoms with Crippen molar-refractivity contribution in [1.82, 2.24) is 5.32 Å². The van der Waals surface area contributed by atoms with Crippen LogP contribution in [0.4, 0.5) is 17.6 Å². The largest absolute Gasteiger partial charge is 0.468 e. The van der Waals surface area contributed by atoms with Crippen LogP contribution in [-0.2, 0) is 9.53 Å². The Hall–Kier alpha value is -1.63. The van der Waals surface area contributed by atoms with E-state index in [1.807, 2.05) is 5.32 Å². The van der Waals surface area contributed by atoms with Crippen molar-refractivity contribution in [2.24, 2.45) is 0 Å². The van der Waals surface area contributed by atoms with Gasteiger partial charge in [-0.2, -0.15) is 13.2 Å². The van der Waals surface area contributed by atoms with Crippen molar-refractivity contribution in [2.45, 2.75) is 12.2 Å². The number of halogens is 4. The molecular weight excluding hydrogens is 254 g/mol. The number of esters is 1. The highest BCUT2D eigenvalue weighted by molar-refractivity contribution is 5.77. The number of carbonyl (C=O) groups is 1. The van der Waals surface area contributed by atoms with Gasteiger partial charge in [0.05, 0.1) is 13.7 Å². The molecule has 100 valence electrons. The highest BCUT2D eigenvalue weighted by Gasteiger charge is 2.32. The first-order valence-corrected chi connectivity index (χ1v) is 4.97. The molecule has 0 saturated heterocycles. The van der Waals surface area contributed by atoms with Crippen molar-refractivity contribution in [3.8, 4) is 0 Å². The van der Waals surface area contributed by atoms with Gasteiger partial charge in [0.25, 0.3) is 0 Å². The van der Waals surface area contributed by atoms with E-state index in [1.165, 1.54) is 18.2 Å². The average molecular weight is 265 g/mol. The second-order valence-corrected chi connectivity index (χ2v) is 3.47. The molecule has 0 spiro atoms. The summed E-state index contributed by atoms with van der Waals surface area (Å²) in [5.74, 6) is -1.76. The molecule has 0 aliphatic carbocycles. The first kappa shape index (κ1) is 14.4. The first-order chi connectivity index (χ1) is 8.35. The summed E-state index contributed by atoms with van der Waals surface area (Å²) in [6, 6.07) is 3.58. The Labute approximate surface area is 101 Å². The van der Waals surface area contributed by atoms with Gasteiger partial charge in [-0.3, -0.25) is 5.32 Å². The van der Waals surface area contributed by atoms with Crippen LogP contribution in [0.5, 0.6) is 0 Å². The Kier molecular flexibility index (Phi) is 4.66. The molecule has 7 heteroatoms. The number of rotatable bonds is 4. The van der Waals surface area contributed by atoms with E-state index in [0.29, 0.717) is 0 Å². The SMILES string of the molecule is COC(=O)C(NCC(F)(F)F)c1ccccc1F. The summed E-state index contributed by atoms with van der Waals surface area (Å²) in [5.41, 5.74) is -0.186. The number of nitrogens with one attached hydrogen (secondary N) is 1. The molecule has 0 fully saturated rings. The molecule has 1 unspecified atom stereocenters. The number of carbonyl (C=O) groups excluding carboxylic acids is 1. The summed E-state index contributed by atoms with van der Waals surface area (Å²) in [6.45, 7) is -1.42. The molecule has 1 rings (SSSR count). The zero-order valence-electron chi connectivity index (χ0n) is 9.42. The van der Waals surface area contributed by atoms with Crippen molar-refractivity contribution in [1.29, 1.82) is 0 Å². The predicted octanol–water partition coefficient (Wildman–Crippen LogP) is 2.19. The fourth-order valence-corrected chi connectivity index (χ4v) is 1.37. The summed E-state index contributed by atoms with van der Waals surface area (Å²) < 4.78 is 54.1. The second-order valence-electron chi connectivity index (χ2n) is 3.47.